The number of piperidine rings is 1. The van der Waals surface area contributed by atoms with Crippen LogP contribution in [0.25, 0.3) is 0 Å². The number of carbonyl (C=O) groups excluding carboxylic acids is 1. The van der Waals surface area contributed by atoms with Gasteiger partial charge in [-0.1, -0.05) is 17.7 Å². The number of hydrogen-bond donors (Lipinski definition) is 2. The molecule has 2 heterocycles. The number of aryl methyl sites for hydroxylation is 2. The molecule has 5 nitrogen and oxygen atoms in total. The number of aliphatic hydroxyl groups excluding tert-OH is 1. The van der Waals surface area contributed by atoms with Crippen molar-refractivity contribution in [2.75, 3.05) is 13.1 Å². The molecule has 1 amide bonds. The van der Waals surface area contributed by atoms with Crippen LogP contribution in [0.3, 0.4) is 0 Å². The number of thiazole rings is 1. The first-order valence-electron chi connectivity index (χ1n) is 8.31. The molecule has 2 aromatic rings. The second-order valence-corrected chi connectivity index (χ2v) is 7.99. The van der Waals surface area contributed by atoms with Gasteiger partial charge in [0.15, 0.2) is 0 Å². The van der Waals surface area contributed by atoms with Crippen molar-refractivity contribution >= 4 is 28.8 Å². The van der Waals surface area contributed by atoms with E-state index >= 15 is 0 Å². The van der Waals surface area contributed by atoms with E-state index in [1.165, 1.54) is 0 Å². The number of rotatable bonds is 4. The van der Waals surface area contributed by atoms with E-state index in [1.807, 2.05) is 19.9 Å². The van der Waals surface area contributed by atoms with Crippen LogP contribution < -0.4 is 5.32 Å². The normalized spacial score (nSPS) is 21.3. The molecule has 2 N–H and O–H groups in total. The first-order valence-corrected chi connectivity index (χ1v) is 9.56. The average molecular weight is 380 g/mol. The Morgan fingerprint density at radius 1 is 1.48 bits per heavy atom. The van der Waals surface area contributed by atoms with Crippen LogP contribution in [0.5, 0.6) is 0 Å². The summed E-state index contributed by atoms with van der Waals surface area (Å²) in [5, 5.41) is 17.0. The van der Waals surface area contributed by atoms with E-state index in [0.29, 0.717) is 23.6 Å². The molecule has 1 fully saturated rings. The highest BCUT2D eigenvalue weighted by Crippen LogP contribution is 2.19. The molecule has 134 valence electrons. The lowest BCUT2D eigenvalue weighted by molar-refractivity contribution is 0.0345. The minimum atomic E-state index is -0.600. The lowest BCUT2D eigenvalue weighted by atomic mass is 10.0. The van der Waals surface area contributed by atoms with Crippen molar-refractivity contribution in [3.63, 3.8) is 0 Å². The molecule has 0 spiro atoms. The van der Waals surface area contributed by atoms with Crippen LogP contribution in [-0.2, 0) is 6.54 Å². The van der Waals surface area contributed by atoms with Gasteiger partial charge in [-0.2, -0.15) is 0 Å². The highest BCUT2D eigenvalue weighted by molar-refractivity contribution is 7.09. The molecule has 1 saturated heterocycles. The maximum Gasteiger partial charge on any atom is 0.251 e. The fraction of sp³-hybridized carbons (Fsp3) is 0.444. The summed E-state index contributed by atoms with van der Waals surface area (Å²) < 4.78 is 0. The summed E-state index contributed by atoms with van der Waals surface area (Å²) in [6.07, 6.45) is 0.104. The number of amides is 1. The molecular formula is C18H22ClN3O2S. The molecule has 0 radical (unpaired) electrons. The Labute approximate surface area is 156 Å². The zero-order valence-corrected chi connectivity index (χ0v) is 15.9. The molecule has 3 rings (SSSR count). The molecular weight excluding hydrogens is 358 g/mol. The number of halogens is 1. The molecule has 1 aromatic carbocycles. The number of nitrogens with one attached hydrogen (secondary N) is 1. The summed E-state index contributed by atoms with van der Waals surface area (Å²) in [7, 11) is 0. The van der Waals surface area contributed by atoms with Gasteiger partial charge in [0.25, 0.3) is 5.91 Å². The first kappa shape index (κ1) is 18.3. The maximum absolute atomic E-state index is 12.5. The number of benzene rings is 1. The summed E-state index contributed by atoms with van der Waals surface area (Å²) in [5.74, 6) is -0.187. The van der Waals surface area contributed by atoms with Crippen LogP contribution in [0.15, 0.2) is 23.6 Å². The minimum absolute atomic E-state index is 0.187. The molecule has 1 aliphatic heterocycles. The monoisotopic (exact) mass is 379 g/mol. The quantitative estimate of drug-likeness (QED) is 0.857. The van der Waals surface area contributed by atoms with Crippen LogP contribution in [0.1, 0.15) is 33.0 Å². The van der Waals surface area contributed by atoms with Crippen LogP contribution in [-0.4, -0.2) is 46.1 Å². The largest absolute Gasteiger partial charge is 0.390 e. The third-order valence-electron chi connectivity index (χ3n) is 4.48. The number of aliphatic hydroxyl groups is 1. The minimum Gasteiger partial charge on any atom is -0.390 e. The fourth-order valence-electron chi connectivity index (χ4n) is 3.10. The molecule has 0 aliphatic carbocycles. The Hall–Kier alpha value is -1.47. The van der Waals surface area contributed by atoms with E-state index < -0.39 is 6.10 Å². The number of hydrogen-bond acceptors (Lipinski definition) is 5. The van der Waals surface area contributed by atoms with Crippen molar-refractivity contribution < 1.29 is 9.90 Å². The molecule has 1 aromatic heterocycles. The Morgan fingerprint density at radius 3 is 2.96 bits per heavy atom. The Bertz CT molecular complexity index is 765. The Morgan fingerprint density at radius 2 is 2.28 bits per heavy atom. The van der Waals surface area contributed by atoms with Gasteiger partial charge < -0.3 is 10.4 Å². The molecule has 25 heavy (non-hydrogen) atoms. The Balaban J connectivity index is 1.58. The lowest BCUT2D eigenvalue weighted by Gasteiger charge is -2.36. The zero-order chi connectivity index (χ0) is 18.0. The maximum atomic E-state index is 12.5. The fourth-order valence-corrected chi connectivity index (χ4v) is 3.88. The molecule has 1 aliphatic rings. The van der Waals surface area contributed by atoms with E-state index in [2.05, 4.69) is 20.6 Å². The van der Waals surface area contributed by atoms with Gasteiger partial charge in [-0.05, 0) is 38.0 Å². The number of β-amino-alcohol motifs (C(OH)–C–C–N with tert-alkyl or cyclic N) is 1. The van der Waals surface area contributed by atoms with Crippen LogP contribution in [0.4, 0.5) is 0 Å². The second-order valence-electron chi connectivity index (χ2n) is 6.49. The summed E-state index contributed by atoms with van der Waals surface area (Å²) >= 11 is 7.62. The first-order chi connectivity index (χ1) is 11.9. The highest BCUT2D eigenvalue weighted by atomic mass is 35.5. The summed E-state index contributed by atoms with van der Waals surface area (Å²) in [6, 6.07) is 5.00. The smallest absolute Gasteiger partial charge is 0.251 e. The van der Waals surface area contributed by atoms with Crippen molar-refractivity contribution in [1.29, 1.82) is 0 Å². The van der Waals surface area contributed by atoms with Gasteiger partial charge in [-0.15, -0.1) is 11.3 Å². The number of likely N-dealkylation sites (tertiary alicyclic amines) is 1. The van der Waals surface area contributed by atoms with Gasteiger partial charge in [0.2, 0.25) is 0 Å². The standard InChI is InChI=1S/C18H22ClN3O2S/c1-11-3-4-13(19)7-15(11)18(24)21-16-5-6-22(9-17(16)23)8-14-10-25-12(2)20-14/h3-4,7,10,16-17,23H,5-6,8-9H2,1-2H3,(H,21,24)/t16-,17-/m1/s1. The van der Waals surface area contributed by atoms with Crippen LogP contribution in [0.2, 0.25) is 5.02 Å². The molecule has 2 atom stereocenters. The summed E-state index contributed by atoms with van der Waals surface area (Å²) in [5.41, 5.74) is 2.46. The number of nitrogens with zero attached hydrogens (tertiary/aromatic N) is 2. The van der Waals surface area contributed by atoms with Crippen LogP contribution >= 0.6 is 22.9 Å². The van der Waals surface area contributed by atoms with Gasteiger partial charge in [0.1, 0.15) is 0 Å². The van der Waals surface area contributed by atoms with Gasteiger partial charge in [0, 0.05) is 35.6 Å². The van der Waals surface area contributed by atoms with Crippen LogP contribution in [0, 0.1) is 13.8 Å². The van der Waals surface area contributed by atoms with E-state index in [-0.39, 0.29) is 11.9 Å². The van der Waals surface area contributed by atoms with Crippen molar-refractivity contribution in [2.45, 2.75) is 39.0 Å². The second kappa shape index (κ2) is 7.83. The molecule has 0 unspecified atom stereocenters. The Kier molecular flexibility index (Phi) is 5.74. The molecule has 0 saturated carbocycles. The van der Waals surface area contributed by atoms with Gasteiger partial charge >= 0.3 is 0 Å². The van der Waals surface area contributed by atoms with E-state index in [0.717, 1.165) is 29.4 Å². The highest BCUT2D eigenvalue weighted by Gasteiger charge is 2.29. The number of aromatic nitrogens is 1. The van der Waals surface area contributed by atoms with E-state index in [1.54, 1.807) is 23.5 Å². The number of carbonyl (C=O) groups is 1. The zero-order valence-electron chi connectivity index (χ0n) is 14.3. The summed E-state index contributed by atoms with van der Waals surface area (Å²) in [4.78, 5) is 19.1. The third kappa shape index (κ3) is 4.58. The third-order valence-corrected chi connectivity index (χ3v) is 5.54. The molecule has 7 heteroatoms. The van der Waals surface area contributed by atoms with Crippen molar-refractivity contribution in [1.82, 2.24) is 15.2 Å². The van der Waals surface area contributed by atoms with Crippen molar-refractivity contribution in [3.8, 4) is 0 Å². The molecule has 0 bridgehead atoms. The SMILES string of the molecule is Cc1nc(CN2CC[C@@H](NC(=O)c3cc(Cl)ccc3C)[C@H](O)C2)cs1. The van der Waals surface area contributed by atoms with E-state index in [4.69, 9.17) is 11.6 Å². The van der Waals surface area contributed by atoms with Gasteiger partial charge in [-0.3, -0.25) is 9.69 Å². The van der Waals surface area contributed by atoms with Gasteiger partial charge in [0.05, 0.1) is 22.8 Å². The van der Waals surface area contributed by atoms with Gasteiger partial charge in [-0.25, -0.2) is 4.98 Å². The van der Waals surface area contributed by atoms with Crippen molar-refractivity contribution in [2.24, 2.45) is 0 Å². The van der Waals surface area contributed by atoms with E-state index in [9.17, 15) is 9.90 Å². The lowest BCUT2D eigenvalue weighted by Crippen LogP contribution is -2.53. The summed E-state index contributed by atoms with van der Waals surface area (Å²) in [6.45, 7) is 5.93. The average Bonchev–Trinajstić information content (AvgIpc) is 2.97. The predicted octanol–water partition coefficient (Wildman–Crippen LogP) is 2.78. The predicted molar refractivity (Wildman–Crippen MR) is 100 cm³/mol. The topological polar surface area (TPSA) is 65.5 Å². The van der Waals surface area contributed by atoms with Crippen molar-refractivity contribution in [3.05, 3.63) is 50.4 Å².